The predicted molar refractivity (Wildman–Crippen MR) is 75.0 cm³/mol. The van der Waals surface area contributed by atoms with Crippen molar-refractivity contribution in [3.8, 4) is 0 Å². The van der Waals surface area contributed by atoms with Gasteiger partial charge in [-0.15, -0.1) is 23.7 Å². The first kappa shape index (κ1) is 17.2. The molecule has 1 heterocycles. The summed E-state index contributed by atoms with van der Waals surface area (Å²) in [4.78, 5) is 0. The van der Waals surface area contributed by atoms with Crippen molar-refractivity contribution in [2.75, 3.05) is 13.6 Å². The Morgan fingerprint density at radius 2 is 2.12 bits per heavy atom. The van der Waals surface area contributed by atoms with E-state index in [1.807, 2.05) is 6.92 Å². The summed E-state index contributed by atoms with van der Waals surface area (Å²) < 4.78 is 27.0. The van der Waals surface area contributed by atoms with Gasteiger partial charge in [-0.1, -0.05) is 11.6 Å². The Bertz CT molecular complexity index is 440. The molecule has 100 valence electrons. The van der Waals surface area contributed by atoms with Gasteiger partial charge in [-0.2, -0.15) is 0 Å². The Morgan fingerprint density at radius 1 is 1.53 bits per heavy atom. The fourth-order valence-corrected chi connectivity index (χ4v) is 3.85. The lowest BCUT2D eigenvalue weighted by atomic mass is 10.4. The lowest BCUT2D eigenvalue weighted by Crippen LogP contribution is -2.36. The number of likely N-dealkylation sites (N-methyl/N-ethyl adjacent to an activating group) is 1. The van der Waals surface area contributed by atoms with Crippen molar-refractivity contribution < 1.29 is 8.42 Å². The maximum Gasteiger partial charge on any atom is 0.250 e. The Morgan fingerprint density at radius 3 is 2.53 bits per heavy atom. The fourth-order valence-electron chi connectivity index (χ4n) is 0.972. The number of hydrogen-bond acceptors (Lipinski definition) is 4. The van der Waals surface area contributed by atoms with E-state index in [9.17, 15) is 8.42 Å². The zero-order valence-electron chi connectivity index (χ0n) is 9.78. The van der Waals surface area contributed by atoms with Gasteiger partial charge in [0.1, 0.15) is 4.21 Å². The third-order valence-electron chi connectivity index (χ3n) is 2.17. The number of rotatable bonds is 5. The summed E-state index contributed by atoms with van der Waals surface area (Å²) in [6, 6.07) is 1.67. The molecular weight excluding hydrogens is 303 g/mol. The van der Waals surface area contributed by atoms with Crippen LogP contribution in [0.25, 0.3) is 0 Å². The highest BCUT2D eigenvalue weighted by molar-refractivity contribution is 7.91. The molecule has 1 aromatic heterocycles. The van der Waals surface area contributed by atoms with Crippen molar-refractivity contribution >= 4 is 45.4 Å². The summed E-state index contributed by atoms with van der Waals surface area (Å²) in [6.07, 6.45) is 0. The van der Waals surface area contributed by atoms with E-state index in [-0.39, 0.29) is 22.7 Å². The normalized spacial score (nSPS) is 13.2. The smallest absolute Gasteiger partial charge is 0.250 e. The minimum atomic E-state index is -3.42. The maximum atomic E-state index is 11.8. The maximum absolute atomic E-state index is 11.8. The number of nitrogens with one attached hydrogen (secondary N) is 2. The fraction of sp³-hybridized carbons (Fsp3) is 0.556. The average molecular weight is 319 g/mol. The summed E-state index contributed by atoms with van der Waals surface area (Å²) in [5, 5.41) is 2.96. The minimum Gasteiger partial charge on any atom is -0.316 e. The molecule has 0 bridgehead atoms. The van der Waals surface area contributed by atoms with Crippen LogP contribution >= 0.6 is 35.3 Å². The van der Waals surface area contributed by atoms with Crippen LogP contribution in [0.5, 0.6) is 0 Å². The van der Waals surface area contributed by atoms with Gasteiger partial charge in [-0.25, -0.2) is 13.1 Å². The molecule has 2 N–H and O–H groups in total. The highest BCUT2D eigenvalue weighted by Gasteiger charge is 2.18. The van der Waals surface area contributed by atoms with Gasteiger partial charge in [-0.05, 0) is 32.5 Å². The highest BCUT2D eigenvalue weighted by Crippen LogP contribution is 2.29. The van der Waals surface area contributed by atoms with Gasteiger partial charge in [0.05, 0.1) is 4.34 Å². The summed E-state index contributed by atoms with van der Waals surface area (Å²) in [6.45, 7) is 4.04. The summed E-state index contributed by atoms with van der Waals surface area (Å²) in [7, 11) is -1.64. The largest absolute Gasteiger partial charge is 0.316 e. The van der Waals surface area contributed by atoms with Crippen LogP contribution in [-0.4, -0.2) is 28.1 Å². The van der Waals surface area contributed by atoms with E-state index >= 15 is 0 Å². The van der Waals surface area contributed by atoms with Crippen LogP contribution in [0.3, 0.4) is 0 Å². The molecule has 0 aliphatic carbocycles. The standard InChI is InChI=1S/C9H15ClN2O2S2.ClH/c1-6-4-8(15-9(6)10)16(13,14)12-5-7(2)11-3;/h4,7,11-12H,5H2,1-3H3;1H. The molecule has 0 fully saturated rings. The second kappa shape index (κ2) is 6.92. The first-order valence-electron chi connectivity index (χ1n) is 4.79. The number of thiophene rings is 1. The predicted octanol–water partition coefficient (Wildman–Crippen LogP) is 2.02. The second-order valence-electron chi connectivity index (χ2n) is 3.56. The number of sulfonamides is 1. The van der Waals surface area contributed by atoms with Gasteiger partial charge >= 0.3 is 0 Å². The van der Waals surface area contributed by atoms with E-state index in [2.05, 4.69) is 10.0 Å². The molecule has 1 unspecified atom stereocenters. The summed E-state index contributed by atoms with van der Waals surface area (Å²) >= 11 is 6.91. The van der Waals surface area contributed by atoms with Gasteiger partial charge < -0.3 is 5.32 Å². The van der Waals surface area contributed by atoms with Gasteiger partial charge in [0.2, 0.25) is 10.0 Å². The summed E-state index contributed by atoms with van der Waals surface area (Å²) in [5.74, 6) is 0. The molecule has 8 heteroatoms. The number of hydrogen-bond donors (Lipinski definition) is 2. The number of aryl methyl sites for hydroxylation is 1. The molecule has 1 rings (SSSR count). The van der Waals surface area contributed by atoms with Crippen LogP contribution in [0.4, 0.5) is 0 Å². The Labute approximate surface area is 117 Å². The van der Waals surface area contributed by atoms with Gasteiger partial charge in [0, 0.05) is 12.6 Å². The Kier molecular flexibility index (Phi) is 6.98. The third-order valence-corrected chi connectivity index (χ3v) is 5.62. The minimum absolute atomic E-state index is 0. The van der Waals surface area contributed by atoms with Crippen molar-refractivity contribution in [2.45, 2.75) is 24.1 Å². The SMILES string of the molecule is CNC(C)CNS(=O)(=O)c1cc(C)c(Cl)s1.Cl. The van der Waals surface area contributed by atoms with Gasteiger partial charge in [-0.3, -0.25) is 0 Å². The zero-order chi connectivity index (χ0) is 12.3. The Hall–Kier alpha value is 0.150. The molecule has 0 aliphatic rings. The molecule has 17 heavy (non-hydrogen) atoms. The van der Waals surface area contributed by atoms with Crippen molar-refractivity contribution in [1.29, 1.82) is 0 Å². The highest BCUT2D eigenvalue weighted by atomic mass is 35.5. The van der Waals surface area contributed by atoms with Crippen LogP contribution in [0.1, 0.15) is 12.5 Å². The van der Waals surface area contributed by atoms with E-state index in [1.54, 1.807) is 20.0 Å². The van der Waals surface area contributed by atoms with Crippen molar-refractivity contribution in [1.82, 2.24) is 10.0 Å². The van der Waals surface area contributed by atoms with E-state index in [1.165, 1.54) is 0 Å². The molecule has 0 spiro atoms. The molecule has 0 aliphatic heterocycles. The van der Waals surface area contributed by atoms with Gasteiger partial charge in [0.25, 0.3) is 0 Å². The van der Waals surface area contributed by atoms with E-state index in [4.69, 9.17) is 11.6 Å². The molecule has 1 atom stereocenters. The quantitative estimate of drug-likeness (QED) is 0.873. The molecule has 0 saturated heterocycles. The molecule has 0 aromatic carbocycles. The van der Waals surface area contributed by atoms with Crippen LogP contribution in [0, 0.1) is 6.92 Å². The third kappa shape index (κ3) is 4.73. The number of halogens is 2. The molecule has 4 nitrogen and oxygen atoms in total. The summed E-state index contributed by atoms with van der Waals surface area (Å²) in [5.41, 5.74) is 0.786. The first-order chi connectivity index (χ1) is 7.36. The van der Waals surface area contributed by atoms with Crippen molar-refractivity contribution in [3.05, 3.63) is 16.0 Å². The Balaban J connectivity index is 0.00000256. The topological polar surface area (TPSA) is 58.2 Å². The molecule has 0 radical (unpaired) electrons. The van der Waals surface area contributed by atoms with Gasteiger partial charge in [0.15, 0.2) is 0 Å². The lowest BCUT2D eigenvalue weighted by molar-refractivity contribution is 0.556. The van der Waals surface area contributed by atoms with E-state index < -0.39 is 10.0 Å². The molecular formula is C9H16Cl2N2O2S2. The van der Waals surface area contributed by atoms with Crippen LogP contribution in [0.15, 0.2) is 10.3 Å². The van der Waals surface area contributed by atoms with Crippen molar-refractivity contribution in [3.63, 3.8) is 0 Å². The van der Waals surface area contributed by atoms with E-state index in [0.717, 1.165) is 16.9 Å². The molecule has 0 saturated carbocycles. The zero-order valence-corrected chi connectivity index (χ0v) is 13.0. The first-order valence-corrected chi connectivity index (χ1v) is 7.47. The second-order valence-corrected chi connectivity index (χ2v) is 7.21. The average Bonchev–Trinajstić information content (AvgIpc) is 2.56. The monoisotopic (exact) mass is 318 g/mol. The van der Waals surface area contributed by atoms with Crippen molar-refractivity contribution in [2.24, 2.45) is 0 Å². The van der Waals surface area contributed by atoms with Crippen LogP contribution in [-0.2, 0) is 10.0 Å². The molecule has 1 aromatic rings. The van der Waals surface area contributed by atoms with E-state index in [0.29, 0.717) is 10.9 Å². The molecule has 0 amide bonds. The van der Waals surface area contributed by atoms with Crippen LogP contribution < -0.4 is 10.0 Å². The van der Waals surface area contributed by atoms with Crippen LogP contribution in [0.2, 0.25) is 4.34 Å². The lowest BCUT2D eigenvalue weighted by Gasteiger charge is -2.10.